The van der Waals surface area contributed by atoms with E-state index >= 15 is 0 Å². The van der Waals surface area contributed by atoms with Gasteiger partial charge in [-0.3, -0.25) is 4.79 Å². The van der Waals surface area contributed by atoms with Crippen LogP contribution in [0.15, 0.2) is 42.6 Å². The van der Waals surface area contributed by atoms with E-state index in [1.54, 1.807) is 12.3 Å². The molecule has 3 heterocycles. The van der Waals surface area contributed by atoms with Gasteiger partial charge in [-0.1, -0.05) is 30.3 Å². The number of aromatic nitrogens is 2. The Morgan fingerprint density at radius 1 is 1.07 bits per heavy atom. The lowest BCUT2D eigenvalue weighted by molar-refractivity contribution is -0.000511. The molecule has 0 N–H and O–H groups in total. The standard InChI is InChI=1S/C21H26N4O3/c26-20(19-6-9-22-21(23-19)25-12-14-27-15-13-25)24-10-7-18(8-11-24)28-16-17-4-2-1-3-5-17/h1-6,9,18H,7-8,10-16H2. The molecule has 2 aliphatic heterocycles. The maximum Gasteiger partial charge on any atom is 0.272 e. The molecule has 2 aromatic rings. The summed E-state index contributed by atoms with van der Waals surface area (Å²) in [5.74, 6) is 0.577. The van der Waals surface area contributed by atoms with Gasteiger partial charge < -0.3 is 19.3 Å². The van der Waals surface area contributed by atoms with Gasteiger partial charge in [-0.25, -0.2) is 9.97 Å². The van der Waals surface area contributed by atoms with Crippen LogP contribution in [0.1, 0.15) is 28.9 Å². The van der Waals surface area contributed by atoms with E-state index in [-0.39, 0.29) is 12.0 Å². The number of morpholine rings is 1. The number of ether oxygens (including phenoxy) is 2. The molecule has 1 aromatic carbocycles. The molecule has 28 heavy (non-hydrogen) atoms. The van der Waals surface area contributed by atoms with Crippen molar-refractivity contribution < 1.29 is 14.3 Å². The van der Waals surface area contributed by atoms with Gasteiger partial charge in [0.05, 0.1) is 25.9 Å². The number of piperidine rings is 1. The molecule has 1 aromatic heterocycles. The highest BCUT2D eigenvalue weighted by atomic mass is 16.5. The second-order valence-corrected chi connectivity index (χ2v) is 7.13. The zero-order valence-corrected chi connectivity index (χ0v) is 16.0. The van der Waals surface area contributed by atoms with Crippen molar-refractivity contribution in [3.05, 3.63) is 53.9 Å². The minimum Gasteiger partial charge on any atom is -0.378 e. The first-order valence-corrected chi connectivity index (χ1v) is 9.90. The first-order chi connectivity index (χ1) is 13.8. The van der Waals surface area contributed by atoms with Gasteiger partial charge in [0, 0.05) is 32.4 Å². The first-order valence-electron chi connectivity index (χ1n) is 9.90. The van der Waals surface area contributed by atoms with Crippen LogP contribution in [-0.4, -0.2) is 66.3 Å². The van der Waals surface area contributed by atoms with Crippen molar-refractivity contribution in [3.8, 4) is 0 Å². The Hall–Kier alpha value is -2.51. The summed E-state index contributed by atoms with van der Waals surface area (Å²) in [4.78, 5) is 25.6. The lowest BCUT2D eigenvalue weighted by atomic mass is 10.1. The maximum absolute atomic E-state index is 12.9. The van der Waals surface area contributed by atoms with Crippen molar-refractivity contribution in [2.75, 3.05) is 44.3 Å². The number of nitrogens with zero attached hydrogens (tertiary/aromatic N) is 4. The molecule has 1 amide bonds. The van der Waals surface area contributed by atoms with Gasteiger partial charge in [-0.05, 0) is 24.5 Å². The highest BCUT2D eigenvalue weighted by molar-refractivity contribution is 5.92. The van der Waals surface area contributed by atoms with Gasteiger partial charge in [0.15, 0.2) is 0 Å². The van der Waals surface area contributed by atoms with E-state index in [9.17, 15) is 4.79 Å². The summed E-state index contributed by atoms with van der Waals surface area (Å²) in [6.45, 7) is 4.83. The summed E-state index contributed by atoms with van der Waals surface area (Å²) < 4.78 is 11.4. The molecule has 0 bridgehead atoms. The van der Waals surface area contributed by atoms with Crippen LogP contribution in [0, 0.1) is 0 Å². The third-order valence-electron chi connectivity index (χ3n) is 5.21. The Balaban J connectivity index is 1.30. The van der Waals surface area contributed by atoms with Crippen LogP contribution in [0.25, 0.3) is 0 Å². The average Bonchev–Trinajstić information content (AvgIpc) is 2.79. The monoisotopic (exact) mass is 382 g/mol. The van der Waals surface area contributed by atoms with Crippen LogP contribution in [0.3, 0.4) is 0 Å². The van der Waals surface area contributed by atoms with E-state index in [1.807, 2.05) is 23.1 Å². The van der Waals surface area contributed by atoms with Crippen molar-refractivity contribution in [1.29, 1.82) is 0 Å². The maximum atomic E-state index is 12.9. The van der Waals surface area contributed by atoms with Gasteiger partial charge in [0.2, 0.25) is 5.95 Å². The number of anilines is 1. The lowest BCUT2D eigenvalue weighted by Crippen LogP contribution is -2.41. The van der Waals surface area contributed by atoms with Crippen molar-refractivity contribution in [1.82, 2.24) is 14.9 Å². The van der Waals surface area contributed by atoms with Crippen LogP contribution < -0.4 is 4.90 Å². The molecule has 7 nitrogen and oxygen atoms in total. The molecule has 0 atom stereocenters. The molecule has 0 saturated carbocycles. The Morgan fingerprint density at radius 3 is 2.57 bits per heavy atom. The lowest BCUT2D eigenvalue weighted by Gasteiger charge is -2.32. The fourth-order valence-corrected chi connectivity index (χ4v) is 3.56. The summed E-state index contributed by atoms with van der Waals surface area (Å²) >= 11 is 0. The highest BCUT2D eigenvalue weighted by Gasteiger charge is 2.25. The minimum atomic E-state index is -0.0292. The van der Waals surface area contributed by atoms with Gasteiger partial charge in [0.25, 0.3) is 5.91 Å². The van der Waals surface area contributed by atoms with Crippen LogP contribution in [0.2, 0.25) is 0 Å². The molecular weight excluding hydrogens is 356 g/mol. The van der Waals surface area contributed by atoms with Crippen LogP contribution >= 0.6 is 0 Å². The molecular formula is C21H26N4O3. The number of carbonyl (C=O) groups is 1. The smallest absolute Gasteiger partial charge is 0.272 e. The van der Waals surface area contributed by atoms with Crippen molar-refractivity contribution >= 4 is 11.9 Å². The van der Waals surface area contributed by atoms with Gasteiger partial charge in [0.1, 0.15) is 5.69 Å². The van der Waals surface area contributed by atoms with E-state index in [0.29, 0.717) is 44.6 Å². The first kappa shape index (κ1) is 18.8. The zero-order valence-electron chi connectivity index (χ0n) is 16.0. The summed E-state index contributed by atoms with van der Waals surface area (Å²) in [7, 11) is 0. The Kier molecular flexibility index (Phi) is 6.14. The van der Waals surface area contributed by atoms with Gasteiger partial charge in [-0.15, -0.1) is 0 Å². The Morgan fingerprint density at radius 2 is 1.82 bits per heavy atom. The number of hydrogen-bond donors (Lipinski definition) is 0. The van der Waals surface area contributed by atoms with Crippen LogP contribution in [0.4, 0.5) is 5.95 Å². The molecule has 148 valence electrons. The molecule has 0 unspecified atom stereocenters. The molecule has 2 fully saturated rings. The Labute approximate surface area is 165 Å². The topological polar surface area (TPSA) is 67.8 Å². The third-order valence-corrected chi connectivity index (χ3v) is 5.21. The van der Waals surface area contributed by atoms with E-state index in [2.05, 4.69) is 27.0 Å². The largest absolute Gasteiger partial charge is 0.378 e. The molecule has 0 aliphatic carbocycles. The molecule has 2 saturated heterocycles. The highest BCUT2D eigenvalue weighted by Crippen LogP contribution is 2.18. The molecule has 0 spiro atoms. The number of carbonyl (C=O) groups excluding carboxylic acids is 1. The van der Waals surface area contributed by atoms with E-state index in [1.165, 1.54) is 5.56 Å². The second kappa shape index (κ2) is 9.12. The summed E-state index contributed by atoms with van der Waals surface area (Å²) in [6, 6.07) is 11.9. The SMILES string of the molecule is O=C(c1ccnc(N2CCOCC2)n1)N1CCC(OCc2ccccc2)CC1. The van der Waals surface area contributed by atoms with Gasteiger partial charge in [-0.2, -0.15) is 0 Å². The van der Waals surface area contributed by atoms with Crippen molar-refractivity contribution in [2.24, 2.45) is 0 Å². The van der Waals surface area contributed by atoms with Crippen LogP contribution in [0.5, 0.6) is 0 Å². The molecule has 2 aliphatic rings. The van der Waals surface area contributed by atoms with Crippen molar-refractivity contribution in [3.63, 3.8) is 0 Å². The second-order valence-electron chi connectivity index (χ2n) is 7.13. The van der Waals surface area contributed by atoms with E-state index in [4.69, 9.17) is 9.47 Å². The summed E-state index contributed by atoms with van der Waals surface area (Å²) in [6.07, 6.45) is 3.55. The quantitative estimate of drug-likeness (QED) is 0.789. The normalized spacial score (nSPS) is 18.3. The molecule has 7 heteroatoms. The predicted octanol–water partition coefficient (Wildman–Crippen LogP) is 2.13. The average molecular weight is 382 g/mol. The molecule has 0 radical (unpaired) electrons. The molecule has 4 rings (SSSR count). The van der Waals surface area contributed by atoms with E-state index < -0.39 is 0 Å². The number of likely N-dealkylation sites (tertiary alicyclic amines) is 1. The fourth-order valence-electron chi connectivity index (χ4n) is 3.56. The van der Waals surface area contributed by atoms with Gasteiger partial charge >= 0.3 is 0 Å². The third kappa shape index (κ3) is 4.66. The fraction of sp³-hybridized carbons (Fsp3) is 0.476. The van der Waals surface area contributed by atoms with Crippen molar-refractivity contribution in [2.45, 2.75) is 25.6 Å². The number of benzene rings is 1. The zero-order chi connectivity index (χ0) is 19.2. The van der Waals surface area contributed by atoms with E-state index in [0.717, 1.165) is 25.9 Å². The number of hydrogen-bond acceptors (Lipinski definition) is 6. The minimum absolute atomic E-state index is 0.0292. The summed E-state index contributed by atoms with van der Waals surface area (Å²) in [5.41, 5.74) is 1.64. The van der Waals surface area contributed by atoms with Crippen LogP contribution in [-0.2, 0) is 16.1 Å². The number of rotatable bonds is 5. The summed E-state index contributed by atoms with van der Waals surface area (Å²) in [5, 5.41) is 0. The predicted molar refractivity (Wildman–Crippen MR) is 105 cm³/mol. The number of amides is 1. The Bertz CT molecular complexity index is 772.